The summed E-state index contributed by atoms with van der Waals surface area (Å²) in [5, 5.41) is 4.46. The van der Waals surface area contributed by atoms with Crippen molar-refractivity contribution in [3.63, 3.8) is 0 Å². The van der Waals surface area contributed by atoms with Crippen LogP contribution in [0.25, 0.3) is 26.7 Å². The minimum Gasteiger partial charge on any atom is -0.268 e. The molecule has 3 nitrogen and oxygen atoms in total. The van der Waals surface area contributed by atoms with Gasteiger partial charge < -0.3 is 0 Å². The van der Waals surface area contributed by atoms with Gasteiger partial charge >= 0.3 is 0 Å². The van der Waals surface area contributed by atoms with Gasteiger partial charge in [-0.2, -0.15) is 0 Å². The number of fused-ring (bicyclic) bond motifs is 2. The second kappa shape index (κ2) is 8.15. The molecule has 154 valence electrons. The lowest BCUT2D eigenvalue weighted by Gasteiger charge is -2.13. The van der Waals surface area contributed by atoms with Crippen LogP contribution >= 0.6 is 34.7 Å². The number of thioether (sulfide) groups is 1. The molecular formula is C25H19ClN2OS2. The molecule has 2 aromatic heterocycles. The van der Waals surface area contributed by atoms with Crippen LogP contribution in [0.3, 0.4) is 0 Å². The molecule has 5 aromatic rings. The van der Waals surface area contributed by atoms with E-state index >= 15 is 0 Å². The van der Waals surface area contributed by atoms with Crippen molar-refractivity contribution < 1.29 is 0 Å². The molecule has 0 N–H and O–H groups in total. The Labute approximate surface area is 193 Å². The van der Waals surface area contributed by atoms with Gasteiger partial charge in [-0.05, 0) is 60.0 Å². The molecular weight excluding hydrogens is 444 g/mol. The van der Waals surface area contributed by atoms with E-state index in [-0.39, 0.29) is 5.56 Å². The molecule has 0 saturated carbocycles. The Balaban J connectivity index is 1.65. The van der Waals surface area contributed by atoms with Crippen LogP contribution in [0.1, 0.15) is 16.0 Å². The molecule has 0 amide bonds. The molecule has 0 radical (unpaired) electrons. The Kier molecular flexibility index (Phi) is 5.34. The molecule has 0 aliphatic heterocycles. The van der Waals surface area contributed by atoms with Crippen LogP contribution in [-0.4, -0.2) is 9.55 Å². The van der Waals surface area contributed by atoms with Crippen molar-refractivity contribution in [2.24, 2.45) is 0 Å². The number of rotatable bonds is 4. The number of aryl methyl sites for hydroxylation is 2. The summed E-state index contributed by atoms with van der Waals surface area (Å²) in [5.74, 6) is 0.718. The molecule has 0 unspecified atom stereocenters. The fourth-order valence-electron chi connectivity index (χ4n) is 3.75. The molecule has 0 bridgehead atoms. The monoisotopic (exact) mass is 462 g/mol. The van der Waals surface area contributed by atoms with Gasteiger partial charge in [0, 0.05) is 15.7 Å². The lowest BCUT2D eigenvalue weighted by molar-refractivity contribution is 0.822. The molecule has 0 aliphatic carbocycles. The number of nitrogens with zero attached hydrogens (tertiary/aromatic N) is 2. The Morgan fingerprint density at radius 1 is 1.00 bits per heavy atom. The first-order chi connectivity index (χ1) is 15.0. The van der Waals surface area contributed by atoms with Crippen LogP contribution in [-0.2, 0) is 5.75 Å². The second-order valence-electron chi connectivity index (χ2n) is 7.40. The Bertz CT molecular complexity index is 1480. The first kappa shape index (κ1) is 20.3. The van der Waals surface area contributed by atoms with E-state index in [1.807, 2.05) is 32.0 Å². The van der Waals surface area contributed by atoms with Crippen molar-refractivity contribution in [2.75, 3.05) is 0 Å². The molecule has 0 fully saturated rings. The highest BCUT2D eigenvalue weighted by molar-refractivity contribution is 7.98. The standard InChI is InChI=1S/C25H19ClN2OS2/c1-15-16(2)31-23-22(15)24(29)28(20-12-10-19(26)11-13-20)25(27-23)30-14-18-8-5-7-17-6-3-4-9-21(17)18/h3-13H,14H2,1-2H3. The maximum absolute atomic E-state index is 13.6. The van der Waals surface area contributed by atoms with E-state index < -0.39 is 0 Å². The summed E-state index contributed by atoms with van der Waals surface area (Å²) < 4.78 is 1.72. The van der Waals surface area contributed by atoms with Crippen molar-refractivity contribution in [3.05, 3.63) is 98.1 Å². The largest absolute Gasteiger partial charge is 0.268 e. The normalized spacial score (nSPS) is 11.5. The van der Waals surface area contributed by atoms with Gasteiger partial charge in [0.1, 0.15) is 4.83 Å². The average molecular weight is 463 g/mol. The average Bonchev–Trinajstić information content (AvgIpc) is 3.07. The second-order valence-corrected chi connectivity index (χ2v) is 9.98. The third-order valence-corrected chi connectivity index (χ3v) is 7.83. The zero-order valence-electron chi connectivity index (χ0n) is 17.1. The van der Waals surface area contributed by atoms with E-state index in [2.05, 4.69) is 36.4 Å². The minimum absolute atomic E-state index is 0.0328. The quantitative estimate of drug-likeness (QED) is 0.210. The zero-order valence-corrected chi connectivity index (χ0v) is 19.4. The Morgan fingerprint density at radius 3 is 2.55 bits per heavy atom. The predicted molar refractivity (Wildman–Crippen MR) is 133 cm³/mol. The summed E-state index contributed by atoms with van der Waals surface area (Å²) in [5.41, 5.74) is 2.96. The summed E-state index contributed by atoms with van der Waals surface area (Å²) in [6, 6.07) is 22.0. The number of aromatic nitrogens is 2. The van der Waals surface area contributed by atoms with Crippen molar-refractivity contribution in [3.8, 4) is 5.69 Å². The number of benzene rings is 3. The maximum atomic E-state index is 13.6. The summed E-state index contributed by atoms with van der Waals surface area (Å²) in [7, 11) is 0. The fraction of sp³-hybridized carbons (Fsp3) is 0.120. The molecule has 0 saturated heterocycles. The van der Waals surface area contributed by atoms with E-state index in [0.717, 1.165) is 26.7 Å². The minimum atomic E-state index is -0.0328. The summed E-state index contributed by atoms with van der Waals surface area (Å²) >= 11 is 9.25. The van der Waals surface area contributed by atoms with E-state index in [9.17, 15) is 4.79 Å². The van der Waals surface area contributed by atoms with Gasteiger partial charge in [-0.25, -0.2) is 4.98 Å². The summed E-state index contributed by atoms with van der Waals surface area (Å²) in [4.78, 5) is 20.4. The maximum Gasteiger partial charge on any atom is 0.267 e. The molecule has 31 heavy (non-hydrogen) atoms. The summed E-state index contributed by atoms with van der Waals surface area (Å²) in [6.07, 6.45) is 0. The number of hydrogen-bond acceptors (Lipinski definition) is 4. The van der Waals surface area contributed by atoms with Gasteiger partial charge in [0.25, 0.3) is 5.56 Å². The topological polar surface area (TPSA) is 34.9 Å². The van der Waals surface area contributed by atoms with Gasteiger partial charge in [0.05, 0.1) is 11.1 Å². The number of hydrogen-bond donors (Lipinski definition) is 0. The van der Waals surface area contributed by atoms with Gasteiger partial charge in [0.15, 0.2) is 5.16 Å². The molecule has 0 atom stereocenters. The number of halogens is 1. The lowest BCUT2D eigenvalue weighted by atomic mass is 10.1. The van der Waals surface area contributed by atoms with Crippen molar-refractivity contribution >= 4 is 55.7 Å². The molecule has 6 heteroatoms. The first-order valence-electron chi connectivity index (χ1n) is 9.91. The fourth-order valence-corrected chi connectivity index (χ4v) is 5.96. The first-order valence-corrected chi connectivity index (χ1v) is 12.1. The smallest absolute Gasteiger partial charge is 0.267 e. The SMILES string of the molecule is Cc1sc2nc(SCc3cccc4ccccc34)n(-c3ccc(Cl)cc3)c(=O)c2c1C. The van der Waals surface area contributed by atoms with Gasteiger partial charge in [-0.1, -0.05) is 65.8 Å². The van der Waals surface area contributed by atoms with Crippen LogP contribution in [0.4, 0.5) is 0 Å². The van der Waals surface area contributed by atoms with E-state index in [1.54, 1.807) is 39.8 Å². The van der Waals surface area contributed by atoms with Gasteiger partial charge in [-0.15, -0.1) is 11.3 Å². The van der Waals surface area contributed by atoms with E-state index in [4.69, 9.17) is 16.6 Å². The van der Waals surface area contributed by atoms with Crippen LogP contribution in [0.2, 0.25) is 5.02 Å². The van der Waals surface area contributed by atoms with Crippen LogP contribution in [0, 0.1) is 13.8 Å². The van der Waals surface area contributed by atoms with E-state index in [0.29, 0.717) is 15.6 Å². The van der Waals surface area contributed by atoms with Crippen molar-refractivity contribution in [1.29, 1.82) is 0 Å². The zero-order chi connectivity index (χ0) is 21.5. The lowest BCUT2D eigenvalue weighted by Crippen LogP contribution is -2.21. The summed E-state index contributed by atoms with van der Waals surface area (Å²) in [6.45, 7) is 4.03. The molecule has 0 aliphatic rings. The molecule has 5 rings (SSSR count). The Morgan fingerprint density at radius 2 is 1.74 bits per heavy atom. The van der Waals surface area contributed by atoms with Gasteiger partial charge in [-0.3, -0.25) is 9.36 Å². The molecule has 2 heterocycles. The van der Waals surface area contributed by atoms with Crippen molar-refractivity contribution in [2.45, 2.75) is 24.8 Å². The van der Waals surface area contributed by atoms with Crippen LogP contribution in [0.5, 0.6) is 0 Å². The van der Waals surface area contributed by atoms with Crippen molar-refractivity contribution in [1.82, 2.24) is 9.55 Å². The third kappa shape index (κ3) is 3.67. The van der Waals surface area contributed by atoms with Crippen LogP contribution < -0.4 is 5.56 Å². The molecule has 0 spiro atoms. The predicted octanol–water partition coefficient (Wildman–Crippen LogP) is 7.16. The highest BCUT2D eigenvalue weighted by Crippen LogP contribution is 2.32. The highest BCUT2D eigenvalue weighted by atomic mass is 35.5. The Hall–Kier alpha value is -2.60. The van der Waals surface area contributed by atoms with E-state index in [1.165, 1.54) is 16.3 Å². The third-order valence-electron chi connectivity index (χ3n) is 5.49. The highest BCUT2D eigenvalue weighted by Gasteiger charge is 2.18. The molecule has 3 aromatic carbocycles. The number of thiophene rings is 1. The van der Waals surface area contributed by atoms with Crippen LogP contribution in [0.15, 0.2) is 76.7 Å². The van der Waals surface area contributed by atoms with Gasteiger partial charge in [0.2, 0.25) is 0 Å².